The third-order valence-corrected chi connectivity index (χ3v) is 6.57. The van der Waals surface area contributed by atoms with Gasteiger partial charge in [-0.05, 0) is 30.2 Å². The van der Waals surface area contributed by atoms with E-state index in [4.69, 9.17) is 0 Å². The van der Waals surface area contributed by atoms with Crippen molar-refractivity contribution in [3.05, 3.63) is 71.8 Å². The molecule has 7 nitrogen and oxygen atoms in total. The van der Waals surface area contributed by atoms with Crippen LogP contribution in [-0.4, -0.2) is 38.5 Å². The van der Waals surface area contributed by atoms with Gasteiger partial charge in [-0.15, -0.1) is 0 Å². The zero-order chi connectivity index (χ0) is 20.8. The fourth-order valence-electron chi connectivity index (χ4n) is 3.62. The number of nitrogens with one attached hydrogen (secondary N) is 1. The lowest BCUT2D eigenvalue weighted by Gasteiger charge is -2.17. The number of hydrogen-bond donors (Lipinski definition) is 2. The minimum atomic E-state index is -4.15. The number of carbonyl (C=O) groups is 2. The van der Waals surface area contributed by atoms with Crippen molar-refractivity contribution in [2.24, 2.45) is 0 Å². The molecule has 0 saturated heterocycles. The summed E-state index contributed by atoms with van der Waals surface area (Å²) in [4.78, 5) is 25.5. The van der Waals surface area contributed by atoms with E-state index in [9.17, 15) is 23.1 Å². The van der Waals surface area contributed by atoms with Crippen LogP contribution in [0.25, 0.3) is 10.8 Å². The van der Waals surface area contributed by atoms with Crippen LogP contribution < -0.4 is 9.62 Å². The molecule has 3 aromatic carbocycles. The molecule has 2 N–H and O–H groups in total. The Bertz CT molecular complexity index is 1240. The SMILES string of the molecule is CN1C(=O)c2cccc3c(S(=O)(=O)NC(Cc4ccccc4)C(=O)O)ccc1c23. The first-order valence-corrected chi connectivity index (χ1v) is 10.4. The van der Waals surface area contributed by atoms with Crippen molar-refractivity contribution in [1.82, 2.24) is 4.72 Å². The first-order chi connectivity index (χ1) is 13.8. The van der Waals surface area contributed by atoms with Gasteiger partial charge in [0.05, 0.1) is 10.6 Å². The molecule has 3 aromatic rings. The Morgan fingerprint density at radius 1 is 1.07 bits per heavy atom. The van der Waals surface area contributed by atoms with E-state index in [1.165, 1.54) is 11.0 Å². The maximum absolute atomic E-state index is 13.1. The predicted molar refractivity (Wildman–Crippen MR) is 109 cm³/mol. The van der Waals surface area contributed by atoms with Crippen molar-refractivity contribution in [3.63, 3.8) is 0 Å². The second-order valence-electron chi connectivity index (χ2n) is 6.88. The molecule has 1 aliphatic rings. The average molecular weight is 410 g/mol. The molecule has 1 aliphatic heterocycles. The van der Waals surface area contributed by atoms with Crippen LogP contribution >= 0.6 is 0 Å². The van der Waals surface area contributed by atoms with Crippen LogP contribution in [0.5, 0.6) is 0 Å². The molecule has 29 heavy (non-hydrogen) atoms. The Labute approximate surface area is 167 Å². The highest BCUT2D eigenvalue weighted by atomic mass is 32.2. The van der Waals surface area contributed by atoms with E-state index in [2.05, 4.69) is 4.72 Å². The molecule has 0 bridgehead atoms. The third kappa shape index (κ3) is 3.26. The summed E-state index contributed by atoms with van der Waals surface area (Å²) in [6.45, 7) is 0. The van der Waals surface area contributed by atoms with E-state index in [0.29, 0.717) is 27.6 Å². The van der Waals surface area contributed by atoms with E-state index >= 15 is 0 Å². The van der Waals surface area contributed by atoms with Crippen LogP contribution in [0, 0.1) is 0 Å². The highest BCUT2D eigenvalue weighted by Crippen LogP contribution is 2.39. The number of sulfonamides is 1. The van der Waals surface area contributed by atoms with Crippen LogP contribution in [0.2, 0.25) is 0 Å². The molecule has 0 aromatic heterocycles. The summed E-state index contributed by atoms with van der Waals surface area (Å²) in [5.74, 6) is -1.47. The van der Waals surface area contributed by atoms with Crippen LogP contribution in [0.4, 0.5) is 5.69 Å². The molecule has 0 spiro atoms. The molecule has 0 saturated carbocycles. The van der Waals surface area contributed by atoms with Crippen LogP contribution in [0.15, 0.2) is 65.6 Å². The van der Waals surface area contributed by atoms with Gasteiger partial charge in [-0.3, -0.25) is 9.59 Å². The fourth-order valence-corrected chi connectivity index (χ4v) is 5.02. The second-order valence-corrected chi connectivity index (χ2v) is 8.56. The largest absolute Gasteiger partial charge is 0.480 e. The topological polar surface area (TPSA) is 104 Å². The van der Waals surface area contributed by atoms with Gasteiger partial charge in [-0.25, -0.2) is 8.42 Å². The Hall–Kier alpha value is -3.23. The van der Waals surface area contributed by atoms with Crippen molar-refractivity contribution in [2.75, 3.05) is 11.9 Å². The van der Waals surface area contributed by atoms with Gasteiger partial charge >= 0.3 is 5.97 Å². The van der Waals surface area contributed by atoms with E-state index < -0.39 is 22.0 Å². The predicted octanol–water partition coefficient (Wildman–Crippen LogP) is 2.40. The van der Waals surface area contributed by atoms with Crippen molar-refractivity contribution >= 4 is 38.4 Å². The smallest absolute Gasteiger partial charge is 0.322 e. The highest BCUT2D eigenvalue weighted by Gasteiger charge is 2.32. The first kappa shape index (κ1) is 19.1. The van der Waals surface area contributed by atoms with Gasteiger partial charge in [0.2, 0.25) is 10.0 Å². The van der Waals surface area contributed by atoms with Gasteiger partial charge in [0, 0.05) is 23.4 Å². The number of amides is 1. The van der Waals surface area contributed by atoms with Gasteiger partial charge in [0.25, 0.3) is 5.91 Å². The molecule has 1 unspecified atom stereocenters. The normalized spacial score (nSPS) is 14.4. The molecule has 0 radical (unpaired) electrons. The quantitative estimate of drug-likeness (QED) is 0.649. The summed E-state index contributed by atoms with van der Waals surface area (Å²) >= 11 is 0. The molecular formula is C21H18N2O5S. The lowest BCUT2D eigenvalue weighted by molar-refractivity contribution is -0.138. The minimum absolute atomic E-state index is 0.0118. The zero-order valence-corrected chi connectivity index (χ0v) is 16.3. The van der Waals surface area contributed by atoms with Gasteiger partial charge in [0.15, 0.2) is 0 Å². The lowest BCUT2D eigenvalue weighted by atomic mass is 10.1. The monoisotopic (exact) mass is 410 g/mol. The lowest BCUT2D eigenvalue weighted by Crippen LogP contribution is -2.42. The summed E-state index contributed by atoms with van der Waals surface area (Å²) in [6.07, 6.45) is 0.0118. The van der Waals surface area contributed by atoms with Crippen molar-refractivity contribution < 1.29 is 23.1 Å². The van der Waals surface area contributed by atoms with Crippen LogP contribution in [0.3, 0.4) is 0 Å². The van der Waals surface area contributed by atoms with E-state index in [0.717, 1.165) is 0 Å². The molecule has 1 heterocycles. The number of anilines is 1. The first-order valence-electron chi connectivity index (χ1n) is 8.92. The fraction of sp³-hybridized carbons (Fsp3) is 0.143. The van der Waals surface area contributed by atoms with Crippen molar-refractivity contribution in [2.45, 2.75) is 17.4 Å². The summed E-state index contributed by atoms with van der Waals surface area (Å²) in [6, 6.07) is 15.3. The molecule has 1 atom stereocenters. The molecule has 0 aliphatic carbocycles. The summed E-state index contributed by atoms with van der Waals surface area (Å²) in [5, 5.41) is 10.5. The van der Waals surface area contributed by atoms with Gasteiger partial charge in [0.1, 0.15) is 6.04 Å². The number of hydrogen-bond acceptors (Lipinski definition) is 4. The Morgan fingerprint density at radius 3 is 2.48 bits per heavy atom. The van der Waals surface area contributed by atoms with Crippen LogP contribution in [0.1, 0.15) is 15.9 Å². The molecule has 4 rings (SSSR count). The average Bonchev–Trinajstić information content (AvgIpc) is 2.95. The van der Waals surface area contributed by atoms with Crippen molar-refractivity contribution in [1.29, 1.82) is 0 Å². The number of nitrogens with zero attached hydrogens (tertiary/aromatic N) is 1. The third-order valence-electron chi connectivity index (χ3n) is 5.04. The number of carboxylic acids is 1. The van der Waals surface area contributed by atoms with Gasteiger partial charge in [-0.2, -0.15) is 4.72 Å². The van der Waals surface area contributed by atoms with E-state index in [-0.39, 0.29) is 17.2 Å². The number of benzene rings is 3. The number of carbonyl (C=O) groups excluding carboxylic acids is 1. The Kier molecular flexibility index (Phi) is 4.60. The number of rotatable bonds is 6. The second kappa shape index (κ2) is 6.98. The summed E-state index contributed by atoms with van der Waals surface area (Å²) < 4.78 is 28.5. The maximum atomic E-state index is 13.1. The minimum Gasteiger partial charge on any atom is -0.480 e. The molecular weight excluding hydrogens is 392 g/mol. The Balaban J connectivity index is 1.75. The van der Waals surface area contributed by atoms with Crippen molar-refractivity contribution in [3.8, 4) is 0 Å². The number of carboxylic acid groups (broad SMARTS) is 1. The Morgan fingerprint density at radius 2 is 1.79 bits per heavy atom. The molecule has 0 fully saturated rings. The molecule has 1 amide bonds. The highest BCUT2D eigenvalue weighted by molar-refractivity contribution is 7.89. The zero-order valence-electron chi connectivity index (χ0n) is 15.5. The summed E-state index contributed by atoms with van der Waals surface area (Å²) in [5.41, 5.74) is 1.75. The van der Waals surface area contributed by atoms with Gasteiger partial charge in [-0.1, -0.05) is 42.5 Å². The molecule has 8 heteroatoms. The maximum Gasteiger partial charge on any atom is 0.322 e. The standard InChI is InChI=1S/C21H18N2O5S/c1-23-17-10-11-18(14-8-5-9-15(19(14)17)20(23)24)29(27,28)22-16(21(25)26)12-13-6-3-2-4-7-13/h2-11,16,22H,12H2,1H3,(H,25,26). The summed E-state index contributed by atoms with van der Waals surface area (Å²) in [7, 11) is -2.52. The van der Waals surface area contributed by atoms with E-state index in [1.54, 1.807) is 61.6 Å². The van der Waals surface area contributed by atoms with E-state index in [1.807, 2.05) is 0 Å². The molecule has 148 valence electrons. The number of aliphatic carboxylic acids is 1. The van der Waals surface area contributed by atoms with Gasteiger partial charge < -0.3 is 10.0 Å². The van der Waals surface area contributed by atoms with Crippen LogP contribution in [-0.2, 0) is 21.2 Å².